The molecule has 0 radical (unpaired) electrons. The van der Waals surface area contributed by atoms with Crippen LogP contribution in [0.15, 0.2) is 84.9 Å². The molecule has 0 aliphatic heterocycles. The summed E-state index contributed by atoms with van der Waals surface area (Å²) in [5.41, 5.74) is 7.83. The molecule has 0 saturated heterocycles. The number of H-pyrrole nitrogens is 1. The van der Waals surface area contributed by atoms with Gasteiger partial charge in [-0.1, -0.05) is 66.7 Å². The molecule has 3 atom stereocenters. The summed E-state index contributed by atoms with van der Waals surface area (Å²) in [7, 11) is 0. The summed E-state index contributed by atoms with van der Waals surface area (Å²) >= 11 is 0. The van der Waals surface area contributed by atoms with E-state index in [0.29, 0.717) is 11.1 Å². The maximum atomic E-state index is 13.6. The first-order valence-corrected chi connectivity index (χ1v) is 14.5. The van der Waals surface area contributed by atoms with Crippen molar-refractivity contribution in [2.45, 2.75) is 63.8 Å². The van der Waals surface area contributed by atoms with Crippen molar-refractivity contribution in [3.63, 3.8) is 0 Å². The molecule has 3 aromatic carbocycles. The lowest BCUT2D eigenvalue weighted by Crippen LogP contribution is -2.54. The Bertz CT molecular complexity index is 1590. The second kappa shape index (κ2) is 14.0. The summed E-state index contributed by atoms with van der Waals surface area (Å²) in [5.74, 6) is -2.31. The lowest BCUT2D eigenvalue weighted by Gasteiger charge is -2.28. The minimum atomic E-state index is -1.29. The van der Waals surface area contributed by atoms with Crippen LogP contribution in [0, 0.1) is 0 Å². The number of nitrogens with one attached hydrogen (secondary N) is 4. The summed E-state index contributed by atoms with van der Waals surface area (Å²) < 4.78 is 0. The second-order valence-corrected chi connectivity index (χ2v) is 11.9. The Kier molecular flexibility index (Phi) is 10.2. The van der Waals surface area contributed by atoms with E-state index in [1.165, 1.54) is 0 Å². The van der Waals surface area contributed by atoms with Gasteiger partial charge in [-0.25, -0.2) is 0 Å². The standard InChI is InChI=1S/C34H39N5O5/c1-34(2,3)39-31(42)24-15-9-7-13-22(24)19-29(40)26(17-21-11-5-4-6-12-21)37-33(44)28(20-30(35)41)38-32(43)27-18-23-14-8-10-16-25(23)36-27/h4-16,18,26,28-29,36,40H,17,19-20H2,1-3H3,(H2,35,41)(H,37,44)(H,38,43)(H,39,42)/t26-,28-,29+/m0/s1. The number of hydrogen-bond acceptors (Lipinski definition) is 5. The van der Waals surface area contributed by atoms with E-state index in [-0.39, 0.29) is 24.4 Å². The van der Waals surface area contributed by atoms with Crippen molar-refractivity contribution in [2.75, 3.05) is 0 Å². The van der Waals surface area contributed by atoms with Gasteiger partial charge >= 0.3 is 0 Å². The molecular weight excluding hydrogens is 558 g/mol. The molecule has 230 valence electrons. The van der Waals surface area contributed by atoms with E-state index in [9.17, 15) is 24.3 Å². The van der Waals surface area contributed by atoms with Crippen LogP contribution >= 0.6 is 0 Å². The summed E-state index contributed by atoms with van der Waals surface area (Å²) in [6.45, 7) is 5.65. The number of benzene rings is 3. The van der Waals surface area contributed by atoms with Crippen LogP contribution in [0.4, 0.5) is 0 Å². The minimum Gasteiger partial charge on any atom is -0.391 e. The number of fused-ring (bicyclic) bond motifs is 1. The first-order chi connectivity index (χ1) is 20.9. The number of aromatic amines is 1. The fraction of sp³-hybridized carbons (Fsp3) is 0.294. The summed E-state index contributed by atoms with van der Waals surface area (Å²) in [6.07, 6.45) is -1.25. The van der Waals surface area contributed by atoms with Gasteiger partial charge in [-0.15, -0.1) is 0 Å². The molecule has 44 heavy (non-hydrogen) atoms. The highest BCUT2D eigenvalue weighted by Gasteiger charge is 2.30. The number of aliphatic hydroxyl groups is 1. The summed E-state index contributed by atoms with van der Waals surface area (Å²) in [4.78, 5) is 54.6. The number of amides is 4. The van der Waals surface area contributed by atoms with Gasteiger partial charge in [0.2, 0.25) is 11.8 Å². The normalized spacial score (nSPS) is 13.5. The van der Waals surface area contributed by atoms with Crippen LogP contribution < -0.4 is 21.7 Å². The highest BCUT2D eigenvalue weighted by molar-refractivity contribution is 6.01. The predicted molar refractivity (Wildman–Crippen MR) is 169 cm³/mol. The quantitative estimate of drug-likeness (QED) is 0.147. The number of hydrogen-bond donors (Lipinski definition) is 6. The Hall–Kier alpha value is -4.96. The molecule has 0 bridgehead atoms. The zero-order valence-corrected chi connectivity index (χ0v) is 25.1. The predicted octanol–water partition coefficient (Wildman–Crippen LogP) is 3.00. The van der Waals surface area contributed by atoms with Crippen molar-refractivity contribution >= 4 is 34.5 Å². The van der Waals surface area contributed by atoms with Crippen molar-refractivity contribution in [3.05, 3.63) is 107 Å². The smallest absolute Gasteiger partial charge is 0.268 e. The van der Waals surface area contributed by atoms with Gasteiger partial charge in [0.1, 0.15) is 11.7 Å². The molecule has 0 aliphatic rings. The van der Waals surface area contributed by atoms with Crippen LogP contribution in [-0.2, 0) is 22.4 Å². The summed E-state index contributed by atoms with van der Waals surface area (Å²) in [6, 6.07) is 23.2. The molecule has 10 nitrogen and oxygen atoms in total. The number of primary amides is 1. The van der Waals surface area contributed by atoms with Crippen LogP contribution in [0.5, 0.6) is 0 Å². The monoisotopic (exact) mass is 597 g/mol. The van der Waals surface area contributed by atoms with Crippen molar-refractivity contribution in [1.29, 1.82) is 0 Å². The van der Waals surface area contributed by atoms with Crippen molar-refractivity contribution in [1.82, 2.24) is 20.9 Å². The first kappa shape index (κ1) is 32.0. The van der Waals surface area contributed by atoms with E-state index in [0.717, 1.165) is 16.5 Å². The zero-order valence-electron chi connectivity index (χ0n) is 25.1. The lowest BCUT2D eigenvalue weighted by atomic mass is 9.93. The van der Waals surface area contributed by atoms with Crippen LogP contribution in [0.3, 0.4) is 0 Å². The number of aromatic nitrogens is 1. The van der Waals surface area contributed by atoms with Gasteiger partial charge < -0.3 is 31.8 Å². The van der Waals surface area contributed by atoms with Gasteiger partial charge in [-0.2, -0.15) is 0 Å². The van der Waals surface area contributed by atoms with Gasteiger partial charge in [-0.3, -0.25) is 19.2 Å². The third-order valence-corrected chi connectivity index (χ3v) is 7.07. The van der Waals surface area contributed by atoms with Crippen LogP contribution in [0.2, 0.25) is 0 Å². The van der Waals surface area contributed by atoms with E-state index in [1.54, 1.807) is 30.3 Å². The molecule has 0 aliphatic carbocycles. The Labute approximate surface area is 256 Å². The third kappa shape index (κ3) is 8.78. The van der Waals surface area contributed by atoms with Crippen LogP contribution in [-0.4, -0.2) is 57.4 Å². The van der Waals surface area contributed by atoms with Crippen molar-refractivity contribution in [2.24, 2.45) is 5.73 Å². The highest BCUT2D eigenvalue weighted by Crippen LogP contribution is 2.18. The van der Waals surface area contributed by atoms with Gasteiger partial charge in [0.05, 0.1) is 18.6 Å². The van der Waals surface area contributed by atoms with E-state index in [2.05, 4.69) is 20.9 Å². The molecule has 1 heterocycles. The first-order valence-electron chi connectivity index (χ1n) is 14.5. The lowest BCUT2D eigenvalue weighted by molar-refractivity contribution is -0.128. The molecule has 0 unspecified atom stereocenters. The number of nitrogens with two attached hydrogens (primary N) is 1. The molecular formula is C34H39N5O5. The fourth-order valence-corrected chi connectivity index (χ4v) is 4.97. The van der Waals surface area contributed by atoms with Crippen LogP contribution in [0.1, 0.15) is 59.2 Å². The fourth-order valence-electron chi connectivity index (χ4n) is 4.97. The molecule has 1 aromatic heterocycles. The number of aliphatic hydroxyl groups excluding tert-OH is 1. The topological polar surface area (TPSA) is 166 Å². The van der Waals surface area contributed by atoms with Gasteiger partial charge in [0.25, 0.3) is 11.8 Å². The largest absolute Gasteiger partial charge is 0.391 e. The molecule has 0 spiro atoms. The van der Waals surface area contributed by atoms with Gasteiger partial charge in [-0.05, 0) is 56.5 Å². The maximum absolute atomic E-state index is 13.6. The number of para-hydroxylation sites is 1. The van der Waals surface area contributed by atoms with E-state index >= 15 is 0 Å². The maximum Gasteiger partial charge on any atom is 0.268 e. The second-order valence-electron chi connectivity index (χ2n) is 11.9. The molecule has 0 fully saturated rings. The molecule has 4 aromatic rings. The Morgan fingerprint density at radius 1 is 0.841 bits per heavy atom. The van der Waals surface area contributed by atoms with E-state index in [1.807, 2.05) is 75.4 Å². The van der Waals surface area contributed by atoms with E-state index < -0.39 is 47.9 Å². The summed E-state index contributed by atoms with van der Waals surface area (Å²) in [5, 5.41) is 20.7. The number of carbonyl (C=O) groups is 4. The Morgan fingerprint density at radius 2 is 1.50 bits per heavy atom. The molecule has 7 N–H and O–H groups in total. The average Bonchev–Trinajstić information content (AvgIpc) is 3.41. The van der Waals surface area contributed by atoms with Crippen molar-refractivity contribution < 1.29 is 24.3 Å². The Morgan fingerprint density at radius 3 is 2.18 bits per heavy atom. The highest BCUT2D eigenvalue weighted by atomic mass is 16.3. The average molecular weight is 598 g/mol. The molecule has 4 rings (SSSR count). The van der Waals surface area contributed by atoms with Crippen LogP contribution in [0.25, 0.3) is 10.9 Å². The molecule has 10 heteroatoms. The van der Waals surface area contributed by atoms with Crippen molar-refractivity contribution in [3.8, 4) is 0 Å². The third-order valence-electron chi connectivity index (χ3n) is 7.07. The number of carbonyl (C=O) groups excluding carboxylic acids is 4. The zero-order chi connectivity index (χ0) is 31.9. The SMILES string of the molecule is CC(C)(C)NC(=O)c1ccccc1C[C@@H](O)[C@H](Cc1ccccc1)NC(=O)[C@H](CC(N)=O)NC(=O)c1cc2ccccc2[nH]1. The van der Waals surface area contributed by atoms with E-state index in [4.69, 9.17) is 5.73 Å². The minimum absolute atomic E-state index is 0.0629. The van der Waals surface area contributed by atoms with Gasteiger partial charge in [0.15, 0.2) is 0 Å². The molecule has 4 amide bonds. The number of rotatable bonds is 12. The Balaban J connectivity index is 1.56. The molecule has 0 saturated carbocycles. The van der Waals surface area contributed by atoms with Gasteiger partial charge in [0, 0.05) is 28.4 Å².